The van der Waals surface area contributed by atoms with Gasteiger partial charge in [0.15, 0.2) is 0 Å². The Morgan fingerprint density at radius 1 is 1.46 bits per heavy atom. The van der Waals surface area contributed by atoms with Crippen molar-refractivity contribution in [2.75, 3.05) is 5.75 Å². The number of carbonyl (C=O) groups is 1. The minimum absolute atomic E-state index is 0.349. The fraction of sp³-hybridized carbons (Fsp3) is 0.909. The van der Waals surface area contributed by atoms with Crippen LogP contribution in [0.5, 0.6) is 0 Å². The predicted molar refractivity (Wildman–Crippen MR) is 59.2 cm³/mol. The van der Waals surface area contributed by atoms with Crippen LogP contribution >= 0.6 is 11.8 Å². The summed E-state index contributed by atoms with van der Waals surface area (Å²) in [6.45, 7) is 6.69. The monoisotopic (exact) mass is 200 g/mol. The summed E-state index contributed by atoms with van der Waals surface area (Å²) in [7, 11) is 0. The van der Waals surface area contributed by atoms with Gasteiger partial charge in [0.05, 0.1) is 0 Å². The van der Waals surface area contributed by atoms with Crippen molar-refractivity contribution in [3.05, 3.63) is 0 Å². The van der Waals surface area contributed by atoms with Crippen LogP contribution < -0.4 is 0 Å². The Morgan fingerprint density at radius 2 is 2.15 bits per heavy atom. The fourth-order valence-corrected chi connectivity index (χ4v) is 2.72. The molecule has 1 rings (SSSR count). The van der Waals surface area contributed by atoms with Gasteiger partial charge in [-0.2, -0.15) is 11.8 Å². The van der Waals surface area contributed by atoms with Crippen molar-refractivity contribution in [1.82, 2.24) is 0 Å². The van der Waals surface area contributed by atoms with Crippen LogP contribution in [-0.2, 0) is 4.79 Å². The molecule has 1 nitrogen and oxygen atoms in total. The summed E-state index contributed by atoms with van der Waals surface area (Å²) in [4.78, 5) is 11.3. The van der Waals surface area contributed by atoms with Crippen LogP contribution in [0.1, 0.15) is 46.5 Å². The Kier molecular flexibility index (Phi) is 3.84. The molecule has 0 aliphatic heterocycles. The van der Waals surface area contributed by atoms with Gasteiger partial charge in [0.1, 0.15) is 5.78 Å². The zero-order chi connectivity index (χ0) is 9.90. The van der Waals surface area contributed by atoms with Crippen LogP contribution in [0.3, 0.4) is 0 Å². The number of Topliss-reactive ketones (excluding diaryl/α,β-unsaturated/α-hetero) is 1. The maximum absolute atomic E-state index is 11.3. The van der Waals surface area contributed by atoms with E-state index in [0.29, 0.717) is 16.4 Å². The van der Waals surface area contributed by atoms with Crippen LogP contribution in [0.25, 0.3) is 0 Å². The first-order valence-corrected chi connectivity index (χ1v) is 6.14. The first-order valence-electron chi connectivity index (χ1n) is 5.16. The molecule has 2 heteroatoms. The van der Waals surface area contributed by atoms with Gasteiger partial charge in [-0.15, -0.1) is 0 Å². The van der Waals surface area contributed by atoms with Gasteiger partial charge in [0.2, 0.25) is 0 Å². The van der Waals surface area contributed by atoms with Crippen LogP contribution in [0, 0.1) is 5.92 Å². The van der Waals surface area contributed by atoms with E-state index in [1.807, 2.05) is 11.8 Å². The Balaban J connectivity index is 2.16. The summed E-state index contributed by atoms with van der Waals surface area (Å²) < 4.78 is 0.349. The molecule has 0 radical (unpaired) electrons. The summed E-state index contributed by atoms with van der Waals surface area (Å²) in [6, 6.07) is 0. The largest absolute Gasteiger partial charge is 0.299 e. The third kappa shape index (κ3) is 4.17. The number of rotatable bonds is 3. The molecule has 0 saturated heterocycles. The number of ketones is 1. The van der Waals surface area contributed by atoms with Gasteiger partial charge in [-0.3, -0.25) is 4.79 Å². The Morgan fingerprint density at radius 3 is 2.62 bits per heavy atom. The van der Waals surface area contributed by atoms with Crippen molar-refractivity contribution in [2.24, 2.45) is 5.92 Å². The molecule has 0 heterocycles. The first-order chi connectivity index (χ1) is 5.99. The Bertz CT molecular complexity index is 181. The summed E-state index contributed by atoms with van der Waals surface area (Å²) in [5.74, 6) is 2.05. The molecule has 0 amide bonds. The highest BCUT2D eigenvalue weighted by atomic mass is 32.2. The van der Waals surface area contributed by atoms with Crippen molar-refractivity contribution >= 4 is 17.5 Å². The number of hydrogen-bond acceptors (Lipinski definition) is 2. The third-order valence-corrected chi connectivity index (χ3v) is 3.74. The number of hydrogen-bond donors (Lipinski definition) is 0. The van der Waals surface area contributed by atoms with Crippen LogP contribution in [0.4, 0.5) is 0 Å². The molecular formula is C11H20OS. The van der Waals surface area contributed by atoms with E-state index in [9.17, 15) is 4.79 Å². The lowest BCUT2D eigenvalue weighted by Gasteiger charge is -2.18. The molecule has 0 bridgehead atoms. The molecule has 1 aliphatic rings. The molecular weight excluding hydrogens is 180 g/mol. The summed E-state index contributed by atoms with van der Waals surface area (Å²) in [5.41, 5.74) is 0. The van der Waals surface area contributed by atoms with E-state index >= 15 is 0 Å². The Hall–Kier alpha value is 0.0200. The fourth-order valence-electron chi connectivity index (χ4n) is 1.70. The minimum Gasteiger partial charge on any atom is -0.299 e. The highest BCUT2D eigenvalue weighted by Crippen LogP contribution is 2.29. The molecule has 0 N–H and O–H groups in total. The lowest BCUT2D eigenvalue weighted by molar-refractivity contribution is -0.120. The van der Waals surface area contributed by atoms with Crippen LogP contribution in [0.15, 0.2) is 0 Å². The average molecular weight is 200 g/mol. The van der Waals surface area contributed by atoms with E-state index in [2.05, 4.69) is 20.8 Å². The van der Waals surface area contributed by atoms with Gasteiger partial charge in [-0.25, -0.2) is 0 Å². The number of carbonyl (C=O) groups excluding carboxylic acids is 1. The van der Waals surface area contributed by atoms with Crippen LogP contribution in [0.2, 0.25) is 0 Å². The van der Waals surface area contributed by atoms with E-state index in [4.69, 9.17) is 0 Å². The second-order valence-electron chi connectivity index (χ2n) is 4.80. The van der Waals surface area contributed by atoms with E-state index in [0.717, 1.165) is 31.4 Å². The van der Waals surface area contributed by atoms with Crippen molar-refractivity contribution < 1.29 is 4.79 Å². The normalized spacial score (nSPS) is 23.9. The van der Waals surface area contributed by atoms with Gasteiger partial charge in [-0.05, 0) is 25.0 Å². The molecule has 1 saturated carbocycles. The van der Waals surface area contributed by atoms with Crippen molar-refractivity contribution in [2.45, 2.75) is 51.2 Å². The first kappa shape index (κ1) is 11.1. The molecule has 1 unspecified atom stereocenters. The van der Waals surface area contributed by atoms with Crippen molar-refractivity contribution in [1.29, 1.82) is 0 Å². The van der Waals surface area contributed by atoms with E-state index in [1.165, 1.54) is 0 Å². The van der Waals surface area contributed by atoms with E-state index in [-0.39, 0.29) is 0 Å². The topological polar surface area (TPSA) is 17.1 Å². The standard InChI is InChI=1S/C11H20OS/c1-11(2,3)13-8-7-9-5-4-6-10(9)12/h9H,4-8H2,1-3H3. The summed E-state index contributed by atoms with van der Waals surface area (Å²) in [6.07, 6.45) is 4.21. The molecule has 1 aliphatic carbocycles. The van der Waals surface area contributed by atoms with Gasteiger partial charge in [0.25, 0.3) is 0 Å². The van der Waals surface area contributed by atoms with Gasteiger partial charge in [0, 0.05) is 17.1 Å². The molecule has 76 valence electrons. The van der Waals surface area contributed by atoms with Gasteiger partial charge >= 0.3 is 0 Å². The molecule has 0 aromatic rings. The maximum Gasteiger partial charge on any atom is 0.136 e. The van der Waals surface area contributed by atoms with Gasteiger partial charge < -0.3 is 0 Å². The minimum atomic E-state index is 0.349. The lowest BCUT2D eigenvalue weighted by Crippen LogP contribution is -2.12. The highest BCUT2D eigenvalue weighted by molar-refractivity contribution is 8.00. The van der Waals surface area contributed by atoms with Crippen molar-refractivity contribution in [3.63, 3.8) is 0 Å². The Labute approximate surface area is 85.7 Å². The number of thioether (sulfide) groups is 1. The SMILES string of the molecule is CC(C)(C)SCCC1CCCC1=O. The smallest absolute Gasteiger partial charge is 0.136 e. The zero-order valence-corrected chi connectivity index (χ0v) is 9.75. The maximum atomic E-state index is 11.3. The summed E-state index contributed by atoms with van der Waals surface area (Å²) >= 11 is 1.97. The molecule has 1 fully saturated rings. The van der Waals surface area contributed by atoms with Gasteiger partial charge in [-0.1, -0.05) is 20.8 Å². The molecule has 1 atom stereocenters. The average Bonchev–Trinajstić information content (AvgIpc) is 2.34. The lowest BCUT2D eigenvalue weighted by atomic mass is 10.1. The second kappa shape index (κ2) is 4.50. The molecule has 0 aromatic carbocycles. The third-order valence-electron chi connectivity index (χ3n) is 2.43. The highest BCUT2D eigenvalue weighted by Gasteiger charge is 2.24. The molecule has 0 spiro atoms. The zero-order valence-electron chi connectivity index (χ0n) is 8.93. The van der Waals surface area contributed by atoms with Crippen LogP contribution in [-0.4, -0.2) is 16.3 Å². The van der Waals surface area contributed by atoms with Crippen molar-refractivity contribution in [3.8, 4) is 0 Å². The predicted octanol–water partition coefficient (Wildman–Crippen LogP) is 3.28. The molecule has 13 heavy (non-hydrogen) atoms. The molecule has 0 aromatic heterocycles. The quantitative estimate of drug-likeness (QED) is 0.695. The summed E-state index contributed by atoms with van der Waals surface area (Å²) in [5, 5.41) is 0. The second-order valence-corrected chi connectivity index (χ2v) is 6.73. The van der Waals surface area contributed by atoms with E-state index < -0.39 is 0 Å². The van der Waals surface area contributed by atoms with E-state index in [1.54, 1.807) is 0 Å².